The molecule has 0 aromatic carbocycles. The minimum atomic E-state index is 0.489. The van der Waals surface area contributed by atoms with Gasteiger partial charge in [-0.3, -0.25) is 9.39 Å². The van der Waals surface area contributed by atoms with Gasteiger partial charge >= 0.3 is 0 Å². The molecule has 2 aromatic heterocycles. The van der Waals surface area contributed by atoms with E-state index in [1.807, 2.05) is 35.7 Å². The zero-order chi connectivity index (χ0) is 15.6. The second-order valence-electron chi connectivity index (χ2n) is 4.89. The van der Waals surface area contributed by atoms with Gasteiger partial charge in [0, 0.05) is 38.9 Å². The van der Waals surface area contributed by atoms with E-state index in [1.165, 1.54) is 0 Å². The molecule has 7 heteroatoms. The number of aliphatic imine (C=N–C) groups is 1. The molecule has 0 saturated heterocycles. The Labute approximate surface area is 130 Å². The monoisotopic (exact) mass is 304 g/mol. The number of hydrogen-bond donors (Lipinski definition) is 2. The molecule has 0 saturated carbocycles. The summed E-state index contributed by atoms with van der Waals surface area (Å²) in [7, 11) is 0. The molecule has 0 radical (unpaired) electrons. The van der Waals surface area contributed by atoms with Crippen molar-refractivity contribution in [1.82, 2.24) is 19.9 Å². The number of guanidine groups is 1. The average molecular weight is 304 g/mol. The summed E-state index contributed by atoms with van der Waals surface area (Å²) in [4.78, 5) is 4.31. The lowest BCUT2D eigenvalue weighted by atomic mass is 10.3. The van der Waals surface area contributed by atoms with Crippen molar-refractivity contribution in [1.29, 1.82) is 0 Å². The van der Waals surface area contributed by atoms with Gasteiger partial charge in [0.15, 0.2) is 11.6 Å². The molecule has 0 fully saturated rings. The predicted molar refractivity (Wildman–Crippen MR) is 86.9 cm³/mol. The van der Waals surface area contributed by atoms with E-state index in [9.17, 15) is 0 Å². The van der Waals surface area contributed by atoms with E-state index in [4.69, 9.17) is 10.5 Å². The van der Waals surface area contributed by atoms with Crippen molar-refractivity contribution >= 4 is 11.6 Å². The summed E-state index contributed by atoms with van der Waals surface area (Å²) < 4.78 is 7.25. The molecule has 7 nitrogen and oxygen atoms in total. The minimum absolute atomic E-state index is 0.489. The van der Waals surface area contributed by atoms with Crippen LogP contribution in [-0.2, 0) is 11.2 Å². The summed E-state index contributed by atoms with van der Waals surface area (Å²) in [6.07, 6.45) is 4.61. The third kappa shape index (κ3) is 5.00. The Kier molecular flexibility index (Phi) is 6.63. The van der Waals surface area contributed by atoms with Crippen LogP contribution in [0.3, 0.4) is 0 Å². The minimum Gasteiger partial charge on any atom is -0.382 e. The molecule has 0 bridgehead atoms. The molecule has 0 aliphatic rings. The van der Waals surface area contributed by atoms with Gasteiger partial charge in [0.2, 0.25) is 0 Å². The van der Waals surface area contributed by atoms with Crippen molar-refractivity contribution in [3.63, 3.8) is 0 Å². The number of ether oxygens (including phenoxy) is 1. The SMILES string of the molecule is CCOCCCNC(N)=NCCCc1nnc2ccccn12. The molecule has 3 N–H and O–H groups in total. The fourth-order valence-electron chi connectivity index (χ4n) is 2.09. The predicted octanol–water partition coefficient (Wildman–Crippen LogP) is 0.993. The maximum atomic E-state index is 5.80. The number of nitrogens with zero attached hydrogens (tertiary/aromatic N) is 4. The first-order valence-corrected chi connectivity index (χ1v) is 7.71. The molecular formula is C15H24N6O. The number of rotatable bonds is 9. The molecule has 0 unspecified atom stereocenters. The van der Waals surface area contributed by atoms with Gasteiger partial charge in [-0.15, -0.1) is 10.2 Å². The molecule has 22 heavy (non-hydrogen) atoms. The van der Waals surface area contributed by atoms with Gasteiger partial charge in [-0.05, 0) is 31.9 Å². The van der Waals surface area contributed by atoms with Crippen molar-refractivity contribution in [3.8, 4) is 0 Å². The van der Waals surface area contributed by atoms with Crippen molar-refractivity contribution in [2.24, 2.45) is 10.7 Å². The smallest absolute Gasteiger partial charge is 0.188 e. The zero-order valence-corrected chi connectivity index (χ0v) is 13.0. The van der Waals surface area contributed by atoms with Gasteiger partial charge in [0.25, 0.3) is 0 Å². The fourth-order valence-corrected chi connectivity index (χ4v) is 2.09. The second kappa shape index (κ2) is 8.99. The lowest BCUT2D eigenvalue weighted by molar-refractivity contribution is 0.145. The van der Waals surface area contributed by atoms with E-state index in [1.54, 1.807) is 0 Å². The highest BCUT2D eigenvalue weighted by molar-refractivity contribution is 5.77. The van der Waals surface area contributed by atoms with Crippen molar-refractivity contribution < 1.29 is 4.74 Å². The third-order valence-electron chi connectivity index (χ3n) is 3.20. The van der Waals surface area contributed by atoms with Gasteiger partial charge < -0.3 is 15.8 Å². The zero-order valence-electron chi connectivity index (χ0n) is 13.0. The number of nitrogens with two attached hydrogens (primary N) is 1. The van der Waals surface area contributed by atoms with E-state index >= 15 is 0 Å². The van der Waals surface area contributed by atoms with Crippen LogP contribution in [-0.4, -0.2) is 46.9 Å². The number of aryl methyl sites for hydroxylation is 1. The maximum Gasteiger partial charge on any atom is 0.188 e. The Morgan fingerprint density at radius 2 is 2.27 bits per heavy atom. The van der Waals surface area contributed by atoms with Crippen LogP contribution in [0.25, 0.3) is 5.65 Å². The van der Waals surface area contributed by atoms with Crippen LogP contribution in [0.1, 0.15) is 25.6 Å². The van der Waals surface area contributed by atoms with Gasteiger partial charge in [0.1, 0.15) is 5.82 Å². The number of fused-ring (bicyclic) bond motifs is 1. The molecular weight excluding hydrogens is 280 g/mol. The standard InChI is InChI=1S/C15H24N6O/c1-2-22-12-6-10-18-15(16)17-9-5-8-14-20-19-13-7-3-4-11-21(13)14/h3-4,7,11H,2,5-6,8-10,12H2,1H3,(H3,16,17,18). The summed E-state index contributed by atoms with van der Waals surface area (Å²) in [6.45, 7) is 4.94. The van der Waals surface area contributed by atoms with Gasteiger partial charge in [-0.2, -0.15) is 0 Å². The van der Waals surface area contributed by atoms with E-state index in [0.717, 1.165) is 50.5 Å². The van der Waals surface area contributed by atoms with E-state index in [-0.39, 0.29) is 0 Å². The quantitative estimate of drug-likeness (QED) is 0.410. The number of hydrogen-bond acceptors (Lipinski definition) is 4. The third-order valence-corrected chi connectivity index (χ3v) is 3.20. The highest BCUT2D eigenvalue weighted by Crippen LogP contribution is 2.04. The van der Waals surface area contributed by atoms with E-state index in [2.05, 4.69) is 20.5 Å². The Morgan fingerprint density at radius 1 is 1.36 bits per heavy atom. The second-order valence-corrected chi connectivity index (χ2v) is 4.89. The highest BCUT2D eigenvalue weighted by Gasteiger charge is 2.03. The van der Waals surface area contributed by atoms with Crippen molar-refractivity contribution in [2.45, 2.75) is 26.2 Å². The molecule has 0 aliphatic heterocycles. The lowest BCUT2D eigenvalue weighted by Crippen LogP contribution is -2.33. The van der Waals surface area contributed by atoms with E-state index in [0.29, 0.717) is 12.5 Å². The molecule has 120 valence electrons. The Bertz CT molecular complexity index is 594. The topological polar surface area (TPSA) is 89.8 Å². The van der Waals surface area contributed by atoms with Crippen molar-refractivity contribution in [3.05, 3.63) is 30.2 Å². The van der Waals surface area contributed by atoms with Gasteiger partial charge in [0.05, 0.1) is 0 Å². The van der Waals surface area contributed by atoms with Crippen LogP contribution in [0, 0.1) is 0 Å². The van der Waals surface area contributed by atoms with Crippen LogP contribution in [0.5, 0.6) is 0 Å². The molecule has 0 atom stereocenters. The van der Waals surface area contributed by atoms with Crippen LogP contribution in [0.15, 0.2) is 29.4 Å². The summed E-state index contributed by atoms with van der Waals surface area (Å²) in [5.74, 6) is 1.44. The van der Waals surface area contributed by atoms with Gasteiger partial charge in [-0.1, -0.05) is 6.07 Å². The number of nitrogens with one attached hydrogen (secondary N) is 1. The fraction of sp³-hybridized carbons (Fsp3) is 0.533. The van der Waals surface area contributed by atoms with E-state index < -0.39 is 0 Å². The average Bonchev–Trinajstić information content (AvgIpc) is 2.95. The first kappa shape index (κ1) is 16.2. The van der Waals surface area contributed by atoms with Crippen LogP contribution in [0.4, 0.5) is 0 Å². The largest absolute Gasteiger partial charge is 0.382 e. The molecule has 2 aromatic rings. The Balaban J connectivity index is 1.66. The normalized spacial score (nSPS) is 12.0. The summed E-state index contributed by atoms with van der Waals surface area (Å²) in [6, 6.07) is 5.87. The lowest BCUT2D eigenvalue weighted by Gasteiger charge is -2.05. The van der Waals surface area contributed by atoms with Crippen LogP contribution < -0.4 is 11.1 Å². The van der Waals surface area contributed by atoms with Crippen LogP contribution in [0.2, 0.25) is 0 Å². The molecule has 0 aliphatic carbocycles. The first-order chi connectivity index (χ1) is 10.8. The number of aromatic nitrogens is 3. The summed E-state index contributed by atoms with van der Waals surface area (Å²) >= 11 is 0. The van der Waals surface area contributed by atoms with Gasteiger partial charge in [-0.25, -0.2) is 0 Å². The molecule has 2 heterocycles. The molecule has 0 amide bonds. The molecule has 0 spiro atoms. The first-order valence-electron chi connectivity index (χ1n) is 7.71. The number of pyridine rings is 1. The van der Waals surface area contributed by atoms with Crippen molar-refractivity contribution in [2.75, 3.05) is 26.3 Å². The Morgan fingerprint density at radius 3 is 3.14 bits per heavy atom. The Hall–Kier alpha value is -2.15. The summed E-state index contributed by atoms with van der Waals surface area (Å²) in [5, 5.41) is 11.4. The molecule has 2 rings (SSSR count). The van der Waals surface area contributed by atoms with Crippen LogP contribution >= 0.6 is 0 Å². The summed E-state index contributed by atoms with van der Waals surface area (Å²) in [5.41, 5.74) is 6.68. The highest BCUT2D eigenvalue weighted by atomic mass is 16.5. The maximum absolute atomic E-state index is 5.80.